The van der Waals surface area contributed by atoms with Crippen LogP contribution in [0.3, 0.4) is 0 Å². The lowest BCUT2D eigenvalue weighted by atomic mass is 10.0. The number of carbonyl (C=O) groups is 1. The molecule has 0 amide bonds. The smallest absolute Gasteiger partial charge is 0.493 e. The molecular formula is C20H33NO9Si. The number of nitro benzene ring substituents is 1. The predicted molar refractivity (Wildman–Crippen MR) is 115 cm³/mol. The molecule has 0 fully saturated rings. The Balaban J connectivity index is 2.91. The minimum absolute atomic E-state index is 0.170. The summed E-state index contributed by atoms with van der Waals surface area (Å²) in [4.78, 5) is 23.6. The molecule has 1 aromatic rings. The molecule has 0 aromatic heterocycles. The van der Waals surface area contributed by atoms with Crippen LogP contribution in [-0.2, 0) is 22.8 Å². The zero-order chi connectivity index (χ0) is 23.4. The van der Waals surface area contributed by atoms with Crippen molar-refractivity contribution in [3.05, 3.63) is 27.8 Å². The molecule has 0 aliphatic carbocycles. The lowest BCUT2D eigenvalue weighted by Crippen LogP contribution is -2.42. The maximum atomic E-state index is 12.5. The van der Waals surface area contributed by atoms with Gasteiger partial charge < -0.3 is 27.5 Å². The third kappa shape index (κ3) is 7.45. The Labute approximate surface area is 184 Å². The van der Waals surface area contributed by atoms with Gasteiger partial charge in [0.25, 0.3) is 5.69 Å². The summed E-state index contributed by atoms with van der Waals surface area (Å²) in [6.45, 7) is 1.91. The van der Waals surface area contributed by atoms with Crippen LogP contribution < -0.4 is 9.47 Å². The third-order valence-corrected chi connectivity index (χ3v) is 7.78. The van der Waals surface area contributed by atoms with Crippen molar-refractivity contribution in [3.63, 3.8) is 0 Å². The van der Waals surface area contributed by atoms with Gasteiger partial charge >= 0.3 is 14.8 Å². The van der Waals surface area contributed by atoms with Gasteiger partial charge in [-0.25, -0.2) is 0 Å². The number of hydrogen-bond donors (Lipinski definition) is 0. The van der Waals surface area contributed by atoms with E-state index in [1.807, 2.05) is 6.92 Å². The highest BCUT2D eigenvalue weighted by Crippen LogP contribution is 2.40. The molecule has 176 valence electrons. The fourth-order valence-electron chi connectivity index (χ4n) is 3.22. The van der Waals surface area contributed by atoms with Crippen molar-refractivity contribution in [2.24, 2.45) is 0 Å². The van der Waals surface area contributed by atoms with E-state index in [-0.39, 0.29) is 23.4 Å². The molecule has 1 unspecified atom stereocenters. The maximum absolute atomic E-state index is 12.5. The van der Waals surface area contributed by atoms with Crippen molar-refractivity contribution < 1.29 is 37.2 Å². The van der Waals surface area contributed by atoms with Crippen molar-refractivity contribution in [1.82, 2.24) is 0 Å². The van der Waals surface area contributed by atoms with E-state index in [2.05, 4.69) is 0 Å². The average molecular weight is 460 g/mol. The second-order valence-corrected chi connectivity index (χ2v) is 9.88. The number of nitrogens with zero attached hydrogens (tertiary/aromatic N) is 1. The molecule has 0 radical (unpaired) electrons. The Morgan fingerprint density at radius 1 is 1.03 bits per heavy atom. The molecule has 0 aliphatic rings. The Morgan fingerprint density at radius 2 is 1.61 bits per heavy atom. The van der Waals surface area contributed by atoms with E-state index in [9.17, 15) is 14.9 Å². The van der Waals surface area contributed by atoms with Gasteiger partial charge in [0.1, 0.15) is 6.10 Å². The van der Waals surface area contributed by atoms with E-state index in [0.717, 1.165) is 0 Å². The highest BCUT2D eigenvalue weighted by molar-refractivity contribution is 6.60. The lowest BCUT2D eigenvalue weighted by molar-refractivity contribution is -0.386. The molecular weight excluding hydrogens is 426 g/mol. The molecule has 0 saturated carbocycles. The molecule has 1 atom stereocenters. The number of rotatable bonds is 15. The van der Waals surface area contributed by atoms with Gasteiger partial charge in [0.15, 0.2) is 11.5 Å². The van der Waals surface area contributed by atoms with Gasteiger partial charge in [0.2, 0.25) is 0 Å². The summed E-state index contributed by atoms with van der Waals surface area (Å²) in [5.41, 5.74) is 0.0994. The first-order chi connectivity index (χ1) is 14.8. The molecule has 0 aliphatic heterocycles. The van der Waals surface area contributed by atoms with E-state index in [0.29, 0.717) is 37.5 Å². The minimum Gasteiger partial charge on any atom is -0.493 e. The number of esters is 1. The fraction of sp³-hybridized carbons (Fsp3) is 0.650. The predicted octanol–water partition coefficient (Wildman–Crippen LogP) is 4.04. The fourth-order valence-corrected chi connectivity index (χ4v) is 5.02. The SMILES string of the molecule is CCCC(OC(=O)CCCC[Si](OC)(OC)OC)c1cc(OC)c(OC)cc1[N+](=O)[O-]. The van der Waals surface area contributed by atoms with Gasteiger partial charge in [-0.05, 0) is 25.3 Å². The quantitative estimate of drug-likeness (QED) is 0.126. The summed E-state index contributed by atoms with van der Waals surface area (Å²) in [7, 11) is 4.79. The van der Waals surface area contributed by atoms with Crippen molar-refractivity contribution in [2.75, 3.05) is 35.5 Å². The third-order valence-electron chi connectivity index (χ3n) is 4.95. The lowest BCUT2D eigenvalue weighted by Gasteiger charge is -2.24. The Hall–Kier alpha value is -2.21. The summed E-state index contributed by atoms with van der Waals surface area (Å²) in [6, 6.07) is 3.36. The summed E-state index contributed by atoms with van der Waals surface area (Å²) < 4.78 is 32.2. The molecule has 31 heavy (non-hydrogen) atoms. The van der Waals surface area contributed by atoms with Crippen molar-refractivity contribution in [3.8, 4) is 11.5 Å². The van der Waals surface area contributed by atoms with E-state index < -0.39 is 25.8 Å². The van der Waals surface area contributed by atoms with Crippen LogP contribution in [0.25, 0.3) is 0 Å². The highest BCUT2D eigenvalue weighted by Gasteiger charge is 2.37. The van der Waals surface area contributed by atoms with Gasteiger partial charge in [-0.2, -0.15) is 0 Å². The number of ether oxygens (including phenoxy) is 3. The van der Waals surface area contributed by atoms with Crippen molar-refractivity contribution in [1.29, 1.82) is 0 Å². The number of unbranched alkanes of at least 4 members (excludes halogenated alkanes) is 1. The molecule has 1 rings (SSSR count). The molecule has 1 aromatic carbocycles. The van der Waals surface area contributed by atoms with Crippen molar-refractivity contribution >= 4 is 20.5 Å². The van der Waals surface area contributed by atoms with Gasteiger partial charge in [0.05, 0.1) is 30.8 Å². The van der Waals surface area contributed by atoms with Crippen LogP contribution in [0.1, 0.15) is 50.7 Å². The Bertz CT molecular complexity index is 717. The Morgan fingerprint density at radius 3 is 2.10 bits per heavy atom. The zero-order valence-electron chi connectivity index (χ0n) is 19.1. The molecule has 0 bridgehead atoms. The van der Waals surface area contributed by atoms with E-state index in [1.54, 1.807) is 21.3 Å². The van der Waals surface area contributed by atoms with Gasteiger partial charge in [-0.1, -0.05) is 13.3 Å². The minimum atomic E-state index is -2.68. The summed E-state index contributed by atoms with van der Waals surface area (Å²) in [5, 5.41) is 11.6. The first-order valence-electron chi connectivity index (χ1n) is 10.1. The highest BCUT2D eigenvalue weighted by atomic mass is 28.4. The van der Waals surface area contributed by atoms with Crippen LogP contribution in [0.15, 0.2) is 12.1 Å². The van der Waals surface area contributed by atoms with Gasteiger partial charge in [0, 0.05) is 33.8 Å². The van der Waals surface area contributed by atoms with Gasteiger partial charge in [-0.3, -0.25) is 14.9 Å². The number of hydrogen-bond acceptors (Lipinski definition) is 9. The van der Waals surface area contributed by atoms with Crippen LogP contribution in [0, 0.1) is 10.1 Å². The van der Waals surface area contributed by atoms with Crippen LogP contribution in [0.2, 0.25) is 6.04 Å². The molecule has 0 heterocycles. The van der Waals surface area contributed by atoms with Crippen LogP contribution in [0.4, 0.5) is 5.69 Å². The number of carbonyl (C=O) groups excluding carboxylic acids is 1. The van der Waals surface area contributed by atoms with Crippen LogP contribution >= 0.6 is 0 Å². The van der Waals surface area contributed by atoms with E-state index in [4.69, 9.17) is 27.5 Å². The van der Waals surface area contributed by atoms with E-state index >= 15 is 0 Å². The zero-order valence-corrected chi connectivity index (χ0v) is 20.1. The van der Waals surface area contributed by atoms with Gasteiger partial charge in [-0.15, -0.1) is 0 Å². The average Bonchev–Trinajstić information content (AvgIpc) is 2.78. The summed E-state index contributed by atoms with van der Waals surface area (Å²) in [5.74, 6) is 0.143. The van der Waals surface area contributed by atoms with Crippen molar-refractivity contribution in [2.45, 2.75) is 51.2 Å². The van der Waals surface area contributed by atoms with Crippen LogP contribution in [-0.4, -0.2) is 55.2 Å². The molecule has 0 spiro atoms. The molecule has 10 nitrogen and oxygen atoms in total. The maximum Gasteiger partial charge on any atom is 0.500 e. The first-order valence-corrected chi connectivity index (χ1v) is 12.0. The molecule has 11 heteroatoms. The largest absolute Gasteiger partial charge is 0.500 e. The molecule has 0 saturated heterocycles. The monoisotopic (exact) mass is 459 g/mol. The Kier molecular flexibility index (Phi) is 11.5. The summed E-state index contributed by atoms with van der Waals surface area (Å²) >= 11 is 0. The van der Waals surface area contributed by atoms with Crippen LogP contribution in [0.5, 0.6) is 11.5 Å². The number of methoxy groups -OCH3 is 2. The first kappa shape index (κ1) is 26.8. The molecule has 0 N–H and O–H groups in total. The summed E-state index contributed by atoms with van der Waals surface area (Å²) in [6.07, 6.45) is 1.73. The van der Waals surface area contributed by atoms with E-state index in [1.165, 1.54) is 26.4 Å². The topological polar surface area (TPSA) is 116 Å². The number of benzene rings is 1. The number of nitro groups is 1. The second kappa shape index (κ2) is 13.3. The second-order valence-electron chi connectivity index (χ2n) is 6.79. The normalized spacial score (nSPS) is 12.3. The standard InChI is InChI=1S/C20H33NO9Si/c1-7-10-17(15-13-18(25-2)19(26-3)14-16(15)21(23)24)30-20(22)11-8-9-12-31(27-4,28-5)29-6/h13-14,17H,7-12H2,1-6H3.